The second-order valence-electron chi connectivity index (χ2n) is 13.6. The van der Waals surface area contributed by atoms with Crippen LogP contribution in [-0.2, 0) is 0 Å². The van der Waals surface area contributed by atoms with E-state index in [1.54, 1.807) is 44.9 Å². The summed E-state index contributed by atoms with van der Waals surface area (Å²) in [4.78, 5) is 0. The van der Waals surface area contributed by atoms with Gasteiger partial charge in [0, 0.05) is 0 Å². The van der Waals surface area contributed by atoms with E-state index in [9.17, 15) is 0 Å². The minimum Gasteiger partial charge on any atom is -0.0848 e. The van der Waals surface area contributed by atoms with Crippen LogP contribution in [0.15, 0.2) is 12.2 Å². The van der Waals surface area contributed by atoms with Gasteiger partial charge in [0.1, 0.15) is 0 Å². The Morgan fingerprint density at radius 2 is 0.778 bits per heavy atom. The molecule has 0 amide bonds. The second kappa shape index (κ2) is 4.00. The largest absolute Gasteiger partial charge is 0.0848 e. The predicted octanol–water partition coefficient (Wildman–Crippen LogP) is 5.50. The summed E-state index contributed by atoms with van der Waals surface area (Å²) in [6.45, 7) is 0. The Kier molecular flexibility index (Phi) is 2.06. The zero-order valence-electron chi connectivity index (χ0n) is 16.5. The molecule has 142 valence electrons. The molecule has 0 heteroatoms. The van der Waals surface area contributed by atoms with Crippen LogP contribution >= 0.6 is 0 Å². The van der Waals surface area contributed by atoms with E-state index in [1.165, 1.54) is 82.9 Å². The minimum absolute atomic E-state index is 1.03. The molecule has 0 saturated heterocycles. The molecular weight excluding hydrogens is 324 g/mol. The monoisotopic (exact) mass is 358 g/mol. The van der Waals surface area contributed by atoms with Gasteiger partial charge < -0.3 is 0 Å². The highest BCUT2D eigenvalue weighted by atomic mass is 14.8. The van der Waals surface area contributed by atoms with Crippen molar-refractivity contribution >= 4 is 0 Å². The topological polar surface area (TPSA) is 0 Å². The van der Waals surface area contributed by atoms with Gasteiger partial charge >= 0.3 is 0 Å². The standard InChI is InChI=1S/C27H34/c1-2-11-5-10(1)20-14-7-15(21(11)20)25-19-9-18(24(14)25)26-16-8-17(27(19)26)23-13-4-3-12(6-13)22(16)23/h1-2,10-27H,3-9H2. The third kappa shape index (κ3) is 1.20. The predicted molar refractivity (Wildman–Crippen MR) is 104 cm³/mol. The molecule has 0 aliphatic heterocycles. The summed E-state index contributed by atoms with van der Waals surface area (Å²) in [5, 5.41) is 0. The summed E-state index contributed by atoms with van der Waals surface area (Å²) >= 11 is 0. The number of hydrogen-bond donors (Lipinski definition) is 0. The first-order valence-corrected chi connectivity index (χ1v) is 13.1. The Hall–Kier alpha value is -0.260. The summed E-state index contributed by atoms with van der Waals surface area (Å²) in [5.41, 5.74) is 0. The van der Waals surface area contributed by atoms with Gasteiger partial charge in [-0.15, -0.1) is 0 Å². The molecular formula is C27H34. The van der Waals surface area contributed by atoms with Crippen LogP contribution in [0.5, 0.6) is 0 Å². The van der Waals surface area contributed by atoms with E-state index in [4.69, 9.17) is 0 Å². The van der Waals surface area contributed by atoms with Crippen molar-refractivity contribution < 1.29 is 0 Å². The lowest BCUT2D eigenvalue weighted by Crippen LogP contribution is -2.49. The first-order valence-electron chi connectivity index (χ1n) is 13.1. The van der Waals surface area contributed by atoms with Crippen LogP contribution in [0.2, 0.25) is 0 Å². The molecule has 0 heterocycles. The highest BCUT2D eigenvalue weighted by Gasteiger charge is 2.78. The van der Waals surface area contributed by atoms with Crippen molar-refractivity contribution in [2.45, 2.75) is 44.9 Å². The van der Waals surface area contributed by atoms with Gasteiger partial charge in [0.25, 0.3) is 0 Å². The highest BCUT2D eigenvalue weighted by Crippen LogP contribution is 2.83. The summed E-state index contributed by atoms with van der Waals surface area (Å²) in [6, 6.07) is 0. The van der Waals surface area contributed by atoms with Gasteiger partial charge in [-0.3, -0.25) is 0 Å². The maximum absolute atomic E-state index is 2.68. The van der Waals surface area contributed by atoms with E-state index < -0.39 is 0 Å². The van der Waals surface area contributed by atoms with Gasteiger partial charge in [-0.05, 0) is 151 Å². The van der Waals surface area contributed by atoms with Gasteiger partial charge in [-0.2, -0.15) is 0 Å². The fourth-order valence-electron chi connectivity index (χ4n) is 14.7. The van der Waals surface area contributed by atoms with Crippen LogP contribution in [0.25, 0.3) is 0 Å². The maximum Gasteiger partial charge on any atom is -0.0194 e. The molecule has 18 atom stereocenters. The Labute approximate surface area is 163 Å². The van der Waals surface area contributed by atoms with Crippen molar-refractivity contribution in [2.24, 2.45) is 107 Å². The van der Waals surface area contributed by atoms with Crippen LogP contribution in [0, 0.1) is 107 Å². The Bertz CT molecular complexity index is 734. The van der Waals surface area contributed by atoms with Gasteiger partial charge in [0.15, 0.2) is 0 Å². The molecule has 10 aliphatic rings. The molecule has 10 rings (SSSR count). The Balaban J connectivity index is 1.08. The van der Waals surface area contributed by atoms with Gasteiger partial charge in [0.2, 0.25) is 0 Å². The maximum atomic E-state index is 2.68. The average Bonchev–Trinajstić information content (AvgIpc) is 3.52. The summed E-state index contributed by atoms with van der Waals surface area (Å²) < 4.78 is 0. The number of allylic oxidation sites excluding steroid dienone is 2. The smallest absolute Gasteiger partial charge is 0.0194 e. The molecule has 9 saturated carbocycles. The second-order valence-corrected chi connectivity index (χ2v) is 13.6. The van der Waals surface area contributed by atoms with Gasteiger partial charge in [0.05, 0.1) is 0 Å². The van der Waals surface area contributed by atoms with Crippen LogP contribution in [0.3, 0.4) is 0 Å². The summed E-state index contributed by atoms with van der Waals surface area (Å²) in [6.07, 6.45) is 17.0. The van der Waals surface area contributed by atoms with Crippen molar-refractivity contribution in [3.63, 3.8) is 0 Å². The van der Waals surface area contributed by atoms with Gasteiger partial charge in [-0.25, -0.2) is 0 Å². The zero-order valence-corrected chi connectivity index (χ0v) is 16.5. The van der Waals surface area contributed by atoms with E-state index >= 15 is 0 Å². The number of rotatable bonds is 0. The summed E-state index contributed by atoms with van der Waals surface area (Å²) in [7, 11) is 0. The molecule has 10 aliphatic carbocycles. The number of hydrogen-bond acceptors (Lipinski definition) is 0. The quantitative estimate of drug-likeness (QED) is 0.396. The molecule has 0 aromatic rings. The third-order valence-corrected chi connectivity index (χ3v) is 14.1. The van der Waals surface area contributed by atoms with Crippen molar-refractivity contribution in [3.8, 4) is 0 Å². The van der Waals surface area contributed by atoms with E-state index in [1.807, 2.05) is 0 Å². The van der Waals surface area contributed by atoms with E-state index in [2.05, 4.69) is 12.2 Å². The fraction of sp³-hybridized carbons (Fsp3) is 0.926. The van der Waals surface area contributed by atoms with E-state index in [-0.39, 0.29) is 0 Å². The fourth-order valence-corrected chi connectivity index (χ4v) is 14.7. The van der Waals surface area contributed by atoms with Crippen LogP contribution in [0.1, 0.15) is 44.9 Å². The zero-order chi connectivity index (χ0) is 16.8. The molecule has 27 heavy (non-hydrogen) atoms. The molecule has 18 unspecified atom stereocenters. The molecule has 10 bridgehead atoms. The molecule has 0 radical (unpaired) electrons. The molecule has 0 aromatic heterocycles. The SMILES string of the molecule is C1=CC2CC1C1C3CC(C21)C1C2CC(C31)C1C3CC(C4C5CCC(C5)C34)C21. The van der Waals surface area contributed by atoms with Crippen molar-refractivity contribution in [1.82, 2.24) is 0 Å². The Morgan fingerprint density at radius 3 is 1.26 bits per heavy atom. The molecule has 9 fully saturated rings. The number of fused-ring (bicyclic) bond motifs is 30. The summed E-state index contributed by atoms with van der Waals surface area (Å²) in [5.74, 6) is 21.5. The molecule has 0 N–H and O–H groups in total. The lowest BCUT2D eigenvalue weighted by molar-refractivity contribution is -0.0523. The van der Waals surface area contributed by atoms with Crippen LogP contribution < -0.4 is 0 Å². The van der Waals surface area contributed by atoms with E-state index in [0.29, 0.717) is 0 Å². The Morgan fingerprint density at radius 1 is 0.370 bits per heavy atom. The molecule has 0 aromatic carbocycles. The van der Waals surface area contributed by atoms with Crippen LogP contribution in [0.4, 0.5) is 0 Å². The molecule has 0 spiro atoms. The minimum atomic E-state index is 1.03. The van der Waals surface area contributed by atoms with Crippen molar-refractivity contribution in [3.05, 3.63) is 12.2 Å². The van der Waals surface area contributed by atoms with Crippen molar-refractivity contribution in [1.29, 1.82) is 0 Å². The van der Waals surface area contributed by atoms with Crippen LogP contribution in [-0.4, -0.2) is 0 Å². The lowest BCUT2D eigenvalue weighted by atomic mass is 9.52. The first kappa shape index (κ1) is 13.9. The normalized spacial score (nSPS) is 79.4. The lowest BCUT2D eigenvalue weighted by Gasteiger charge is -2.52. The first-order chi connectivity index (χ1) is 13.4. The van der Waals surface area contributed by atoms with E-state index in [0.717, 1.165) is 23.7 Å². The van der Waals surface area contributed by atoms with Gasteiger partial charge in [-0.1, -0.05) is 12.2 Å². The average molecular weight is 359 g/mol. The highest BCUT2D eigenvalue weighted by molar-refractivity contribution is 5.28. The molecule has 0 nitrogen and oxygen atoms in total. The third-order valence-electron chi connectivity index (χ3n) is 14.1. The van der Waals surface area contributed by atoms with Crippen molar-refractivity contribution in [2.75, 3.05) is 0 Å².